The fourth-order valence-electron chi connectivity index (χ4n) is 1.29. The highest BCUT2D eigenvalue weighted by Crippen LogP contribution is 2.09. The normalized spacial score (nSPS) is 13.7. The van der Waals surface area contributed by atoms with Crippen molar-refractivity contribution in [3.05, 3.63) is 0 Å². The fraction of sp³-hybridized carbons (Fsp3) is 0.889. The van der Waals surface area contributed by atoms with Crippen LogP contribution in [0.4, 0.5) is 0 Å². The number of carbonyl (C=O) groups excluding carboxylic acids is 1. The molecule has 1 unspecified atom stereocenters. The number of hydrogen-bond donors (Lipinski definition) is 2. The molecule has 78 valence electrons. The summed E-state index contributed by atoms with van der Waals surface area (Å²) in [6.07, 6.45) is 0. The Balaban J connectivity index is 3.86. The maximum absolute atomic E-state index is 10.6. The number of nitrogens with two attached hydrogens (primary N) is 2. The molecule has 0 heterocycles. The second-order valence-corrected chi connectivity index (χ2v) is 3.90. The lowest BCUT2D eigenvalue weighted by atomic mass is 9.95. The monoisotopic (exact) mass is 187 g/mol. The maximum Gasteiger partial charge on any atom is 0.231 e. The summed E-state index contributed by atoms with van der Waals surface area (Å²) in [7, 11) is 1.88. The van der Waals surface area contributed by atoms with Crippen LogP contribution in [-0.2, 0) is 4.79 Å². The van der Waals surface area contributed by atoms with Gasteiger partial charge >= 0.3 is 0 Å². The van der Waals surface area contributed by atoms with Crippen molar-refractivity contribution < 1.29 is 4.79 Å². The zero-order chi connectivity index (χ0) is 10.4. The van der Waals surface area contributed by atoms with Crippen LogP contribution >= 0.6 is 0 Å². The van der Waals surface area contributed by atoms with Crippen LogP contribution in [0.15, 0.2) is 0 Å². The van der Waals surface area contributed by atoms with Crippen molar-refractivity contribution in [3.8, 4) is 0 Å². The third kappa shape index (κ3) is 5.60. The molecule has 0 spiro atoms. The SMILES string of the molecule is CC(C)C(CN)CN(C)CC(N)=O. The van der Waals surface area contributed by atoms with E-state index in [1.165, 1.54) is 0 Å². The van der Waals surface area contributed by atoms with Crippen molar-refractivity contribution in [2.24, 2.45) is 23.3 Å². The molecule has 4 heteroatoms. The topological polar surface area (TPSA) is 72.3 Å². The van der Waals surface area contributed by atoms with E-state index < -0.39 is 0 Å². The summed E-state index contributed by atoms with van der Waals surface area (Å²) < 4.78 is 0. The minimum Gasteiger partial charge on any atom is -0.369 e. The average molecular weight is 187 g/mol. The Morgan fingerprint density at radius 2 is 2.00 bits per heavy atom. The van der Waals surface area contributed by atoms with Crippen LogP contribution in [-0.4, -0.2) is 37.5 Å². The summed E-state index contributed by atoms with van der Waals surface area (Å²) in [5.41, 5.74) is 10.7. The van der Waals surface area contributed by atoms with Gasteiger partial charge in [0.1, 0.15) is 0 Å². The predicted molar refractivity (Wildman–Crippen MR) is 54.1 cm³/mol. The molecule has 1 amide bonds. The van der Waals surface area contributed by atoms with Crippen LogP contribution in [0.3, 0.4) is 0 Å². The van der Waals surface area contributed by atoms with Crippen molar-refractivity contribution >= 4 is 5.91 Å². The van der Waals surface area contributed by atoms with E-state index in [1.807, 2.05) is 11.9 Å². The van der Waals surface area contributed by atoms with Crippen LogP contribution in [0, 0.1) is 11.8 Å². The van der Waals surface area contributed by atoms with Gasteiger partial charge in [-0.15, -0.1) is 0 Å². The molecule has 0 aliphatic carbocycles. The van der Waals surface area contributed by atoms with E-state index in [4.69, 9.17) is 11.5 Å². The summed E-state index contributed by atoms with van der Waals surface area (Å²) in [5.74, 6) is 0.687. The standard InChI is InChI=1S/C9H21N3O/c1-7(2)8(4-10)5-12(3)6-9(11)13/h7-8H,4-6,10H2,1-3H3,(H2,11,13). The molecular formula is C9H21N3O. The first-order chi connectivity index (χ1) is 5.97. The highest BCUT2D eigenvalue weighted by Gasteiger charge is 2.14. The lowest BCUT2D eigenvalue weighted by Gasteiger charge is -2.24. The molecule has 0 aliphatic heterocycles. The zero-order valence-electron chi connectivity index (χ0n) is 8.79. The fourth-order valence-corrected chi connectivity index (χ4v) is 1.29. The van der Waals surface area contributed by atoms with Crippen LogP contribution in [0.25, 0.3) is 0 Å². The predicted octanol–water partition coefficient (Wildman–Crippen LogP) is -0.366. The van der Waals surface area contributed by atoms with E-state index in [0.717, 1.165) is 6.54 Å². The minimum absolute atomic E-state index is 0.290. The lowest BCUT2D eigenvalue weighted by Crippen LogP contribution is -2.37. The number of likely N-dealkylation sites (N-methyl/N-ethyl adjacent to an activating group) is 1. The van der Waals surface area contributed by atoms with Gasteiger partial charge in [0.05, 0.1) is 6.54 Å². The molecule has 0 saturated carbocycles. The summed E-state index contributed by atoms with van der Waals surface area (Å²) in [6.45, 7) is 6.06. The first-order valence-corrected chi connectivity index (χ1v) is 4.64. The van der Waals surface area contributed by atoms with Crippen LogP contribution in [0.1, 0.15) is 13.8 Å². The molecule has 0 rings (SSSR count). The van der Waals surface area contributed by atoms with Crippen molar-refractivity contribution in [1.82, 2.24) is 4.90 Å². The van der Waals surface area contributed by atoms with E-state index in [-0.39, 0.29) is 5.91 Å². The van der Waals surface area contributed by atoms with E-state index in [0.29, 0.717) is 24.9 Å². The van der Waals surface area contributed by atoms with E-state index in [2.05, 4.69) is 13.8 Å². The second-order valence-electron chi connectivity index (χ2n) is 3.90. The molecule has 4 nitrogen and oxygen atoms in total. The molecule has 0 aromatic carbocycles. The molecule has 0 saturated heterocycles. The summed E-state index contributed by atoms with van der Waals surface area (Å²) in [6, 6.07) is 0. The zero-order valence-corrected chi connectivity index (χ0v) is 8.79. The Kier molecular flexibility index (Phi) is 5.66. The average Bonchev–Trinajstić information content (AvgIpc) is 1.98. The van der Waals surface area contributed by atoms with Gasteiger partial charge in [-0.3, -0.25) is 9.69 Å². The molecule has 0 aromatic rings. The molecular weight excluding hydrogens is 166 g/mol. The van der Waals surface area contributed by atoms with Gasteiger partial charge in [-0.1, -0.05) is 13.8 Å². The largest absolute Gasteiger partial charge is 0.369 e. The Hall–Kier alpha value is -0.610. The quantitative estimate of drug-likeness (QED) is 0.596. The maximum atomic E-state index is 10.6. The number of amides is 1. The summed E-state index contributed by atoms with van der Waals surface area (Å²) >= 11 is 0. The van der Waals surface area contributed by atoms with Gasteiger partial charge in [-0.25, -0.2) is 0 Å². The molecule has 4 N–H and O–H groups in total. The van der Waals surface area contributed by atoms with Gasteiger partial charge in [0.2, 0.25) is 5.91 Å². The number of rotatable bonds is 6. The molecule has 0 aromatic heterocycles. The molecule has 0 bridgehead atoms. The van der Waals surface area contributed by atoms with Gasteiger partial charge in [-0.2, -0.15) is 0 Å². The third-order valence-electron chi connectivity index (χ3n) is 2.22. The van der Waals surface area contributed by atoms with E-state index >= 15 is 0 Å². The third-order valence-corrected chi connectivity index (χ3v) is 2.22. The number of nitrogens with zero attached hydrogens (tertiary/aromatic N) is 1. The van der Waals surface area contributed by atoms with Gasteiger partial charge in [0.15, 0.2) is 0 Å². The Morgan fingerprint density at radius 1 is 1.46 bits per heavy atom. The minimum atomic E-state index is -0.290. The molecule has 0 aliphatic rings. The highest BCUT2D eigenvalue weighted by atomic mass is 16.1. The van der Waals surface area contributed by atoms with Crippen molar-refractivity contribution in [2.75, 3.05) is 26.7 Å². The highest BCUT2D eigenvalue weighted by molar-refractivity contribution is 5.75. The van der Waals surface area contributed by atoms with E-state index in [9.17, 15) is 4.79 Å². The van der Waals surface area contributed by atoms with Crippen LogP contribution in [0.2, 0.25) is 0 Å². The van der Waals surface area contributed by atoms with Gasteiger partial charge in [-0.05, 0) is 25.4 Å². The first kappa shape index (κ1) is 12.4. The van der Waals surface area contributed by atoms with Crippen molar-refractivity contribution in [1.29, 1.82) is 0 Å². The smallest absolute Gasteiger partial charge is 0.231 e. The van der Waals surface area contributed by atoms with Crippen molar-refractivity contribution in [3.63, 3.8) is 0 Å². The molecule has 0 fully saturated rings. The van der Waals surface area contributed by atoms with Crippen molar-refractivity contribution in [2.45, 2.75) is 13.8 Å². The van der Waals surface area contributed by atoms with Gasteiger partial charge in [0.25, 0.3) is 0 Å². The Labute approximate surface area is 80.3 Å². The number of carbonyl (C=O) groups is 1. The Morgan fingerprint density at radius 3 is 2.31 bits per heavy atom. The van der Waals surface area contributed by atoms with Gasteiger partial charge in [0, 0.05) is 6.54 Å². The van der Waals surface area contributed by atoms with E-state index in [1.54, 1.807) is 0 Å². The number of hydrogen-bond acceptors (Lipinski definition) is 3. The second kappa shape index (κ2) is 5.94. The summed E-state index contributed by atoms with van der Waals surface area (Å²) in [5, 5.41) is 0. The van der Waals surface area contributed by atoms with Crippen LogP contribution < -0.4 is 11.5 Å². The molecule has 13 heavy (non-hydrogen) atoms. The molecule has 1 atom stereocenters. The lowest BCUT2D eigenvalue weighted by molar-refractivity contribution is -0.119. The molecule has 0 radical (unpaired) electrons. The summed E-state index contributed by atoms with van der Waals surface area (Å²) in [4.78, 5) is 12.5. The number of primary amides is 1. The Bertz CT molecular complexity index is 159. The first-order valence-electron chi connectivity index (χ1n) is 4.64. The van der Waals surface area contributed by atoms with Gasteiger partial charge < -0.3 is 11.5 Å². The van der Waals surface area contributed by atoms with Crippen LogP contribution in [0.5, 0.6) is 0 Å².